The van der Waals surface area contributed by atoms with Crippen molar-refractivity contribution >= 4 is 16.0 Å². The van der Waals surface area contributed by atoms with Crippen LogP contribution in [0.4, 0.5) is 0 Å². The molecule has 0 radical (unpaired) electrons. The lowest BCUT2D eigenvalue weighted by Crippen LogP contribution is -2.46. The highest BCUT2D eigenvalue weighted by molar-refractivity contribution is 7.85. The fourth-order valence-electron chi connectivity index (χ4n) is 4.28. The zero-order chi connectivity index (χ0) is 29.7. The molecule has 7 heteroatoms. The predicted octanol–water partition coefficient (Wildman–Crippen LogP) is 8.40. The van der Waals surface area contributed by atoms with Crippen LogP contribution in [0, 0.1) is 0 Å². The second-order valence-corrected chi connectivity index (χ2v) is 12.2. The van der Waals surface area contributed by atoms with E-state index in [1.165, 1.54) is 44.6 Å². The number of unbranched alkanes of at least 4 members (excludes halogenated alkanes) is 13. The van der Waals surface area contributed by atoms with Crippen LogP contribution in [0.3, 0.4) is 0 Å². The van der Waals surface area contributed by atoms with Crippen LogP contribution in [0.25, 0.3) is 0 Å². The number of hydrogen-bond acceptors (Lipinski definition) is 4. The SMILES string of the molecule is CCCC/C=C\CCCCCCCC(=O)NC(CS(=O)(=O)O)C(O)/C=C/CC/C=C/CC/C=C/CCCCCC. The van der Waals surface area contributed by atoms with Crippen LogP contribution in [0.15, 0.2) is 48.6 Å². The molecule has 0 aliphatic heterocycles. The van der Waals surface area contributed by atoms with Crippen molar-refractivity contribution in [2.75, 3.05) is 5.75 Å². The Labute approximate surface area is 246 Å². The molecule has 0 aromatic heterocycles. The Morgan fingerprint density at radius 3 is 1.65 bits per heavy atom. The number of aliphatic hydroxyl groups is 1. The van der Waals surface area contributed by atoms with Gasteiger partial charge in [-0.3, -0.25) is 9.35 Å². The van der Waals surface area contributed by atoms with Gasteiger partial charge in [-0.2, -0.15) is 8.42 Å². The van der Waals surface area contributed by atoms with Crippen molar-refractivity contribution in [2.24, 2.45) is 0 Å². The van der Waals surface area contributed by atoms with Crippen LogP contribution in [0.2, 0.25) is 0 Å². The van der Waals surface area contributed by atoms with Gasteiger partial charge in [-0.1, -0.05) is 114 Å². The van der Waals surface area contributed by atoms with Crippen LogP contribution < -0.4 is 5.32 Å². The first kappa shape index (κ1) is 38.3. The fraction of sp³-hybridized carbons (Fsp3) is 0.727. The molecule has 0 aliphatic rings. The summed E-state index contributed by atoms with van der Waals surface area (Å²) in [4.78, 5) is 12.4. The summed E-state index contributed by atoms with van der Waals surface area (Å²) >= 11 is 0. The first-order chi connectivity index (χ1) is 19.3. The highest BCUT2D eigenvalue weighted by Crippen LogP contribution is 2.10. The minimum atomic E-state index is -4.35. The summed E-state index contributed by atoms with van der Waals surface area (Å²) < 4.78 is 32.2. The van der Waals surface area contributed by atoms with E-state index >= 15 is 0 Å². The molecule has 232 valence electrons. The summed E-state index contributed by atoms with van der Waals surface area (Å²) in [5.74, 6) is -1.03. The van der Waals surface area contributed by atoms with Gasteiger partial charge in [0, 0.05) is 6.42 Å². The van der Waals surface area contributed by atoms with E-state index in [-0.39, 0.29) is 12.3 Å². The van der Waals surface area contributed by atoms with E-state index in [1.54, 1.807) is 6.08 Å². The lowest BCUT2D eigenvalue weighted by molar-refractivity contribution is -0.122. The Balaban J connectivity index is 4.20. The second kappa shape index (κ2) is 27.5. The molecule has 0 bridgehead atoms. The molecule has 0 saturated carbocycles. The minimum Gasteiger partial charge on any atom is -0.387 e. The third-order valence-corrected chi connectivity index (χ3v) is 7.49. The van der Waals surface area contributed by atoms with Crippen molar-refractivity contribution in [3.05, 3.63) is 48.6 Å². The van der Waals surface area contributed by atoms with Crippen molar-refractivity contribution in [3.63, 3.8) is 0 Å². The molecular weight excluding hydrogens is 522 g/mol. The van der Waals surface area contributed by atoms with E-state index < -0.39 is 28.0 Å². The highest BCUT2D eigenvalue weighted by Gasteiger charge is 2.24. The lowest BCUT2D eigenvalue weighted by atomic mass is 10.1. The molecule has 0 heterocycles. The summed E-state index contributed by atoms with van der Waals surface area (Å²) in [5, 5.41) is 13.1. The molecular formula is C33H59NO5S. The van der Waals surface area contributed by atoms with E-state index in [0.717, 1.165) is 64.2 Å². The summed E-state index contributed by atoms with van der Waals surface area (Å²) in [6, 6.07) is -1.08. The maximum absolute atomic E-state index is 12.4. The van der Waals surface area contributed by atoms with E-state index in [2.05, 4.69) is 55.6 Å². The van der Waals surface area contributed by atoms with Gasteiger partial charge in [0.2, 0.25) is 5.91 Å². The minimum absolute atomic E-state index is 0.272. The van der Waals surface area contributed by atoms with E-state index in [0.29, 0.717) is 12.8 Å². The first-order valence-electron chi connectivity index (χ1n) is 15.8. The van der Waals surface area contributed by atoms with Crippen LogP contribution in [0.1, 0.15) is 136 Å². The van der Waals surface area contributed by atoms with Crippen molar-refractivity contribution in [1.82, 2.24) is 5.32 Å². The fourth-order valence-corrected chi connectivity index (χ4v) is 5.02. The highest BCUT2D eigenvalue weighted by atomic mass is 32.2. The second-order valence-electron chi connectivity index (χ2n) is 10.7. The van der Waals surface area contributed by atoms with Gasteiger partial charge in [0.1, 0.15) is 0 Å². The zero-order valence-corrected chi connectivity index (χ0v) is 26.3. The molecule has 0 aliphatic carbocycles. The monoisotopic (exact) mass is 581 g/mol. The maximum atomic E-state index is 12.4. The molecule has 0 aromatic rings. The normalized spacial score (nSPS) is 14.2. The van der Waals surface area contributed by atoms with Gasteiger partial charge < -0.3 is 10.4 Å². The van der Waals surface area contributed by atoms with Crippen LogP contribution >= 0.6 is 0 Å². The average molecular weight is 582 g/mol. The Hall–Kier alpha value is -1.70. The van der Waals surface area contributed by atoms with Crippen molar-refractivity contribution in [2.45, 2.75) is 148 Å². The number of allylic oxidation sites excluding steroid dienone is 7. The molecule has 0 fully saturated rings. The predicted molar refractivity (Wildman–Crippen MR) is 170 cm³/mol. The van der Waals surface area contributed by atoms with E-state index in [9.17, 15) is 22.9 Å². The van der Waals surface area contributed by atoms with Gasteiger partial charge in [-0.05, 0) is 64.2 Å². The summed E-state index contributed by atoms with van der Waals surface area (Å²) in [6.45, 7) is 4.42. The maximum Gasteiger partial charge on any atom is 0.267 e. The van der Waals surface area contributed by atoms with Gasteiger partial charge in [0.25, 0.3) is 10.1 Å². The Bertz CT molecular complexity index is 817. The van der Waals surface area contributed by atoms with Crippen LogP contribution in [-0.4, -0.2) is 41.9 Å². The standard InChI is InChI=1S/C33H59NO5S/c1-3-5-7-9-11-13-15-16-17-19-20-22-24-26-28-32(35)31(30-40(37,38)39)34-33(36)29-27-25-23-21-18-14-12-10-8-6-4-2/h10,12-13,15,19-20,26,28,31-32,35H,3-9,11,14,16-18,21-25,27,29-30H2,1-2H3,(H,34,36)(H,37,38,39)/b12-10-,15-13+,20-19+,28-26+. The summed E-state index contributed by atoms with van der Waals surface area (Å²) in [5.41, 5.74) is 0. The third-order valence-electron chi connectivity index (χ3n) is 6.71. The summed E-state index contributed by atoms with van der Waals surface area (Å²) in [7, 11) is -4.35. The van der Waals surface area contributed by atoms with Gasteiger partial charge in [-0.15, -0.1) is 0 Å². The number of amides is 1. The lowest BCUT2D eigenvalue weighted by Gasteiger charge is -2.21. The number of carbonyl (C=O) groups excluding carboxylic acids is 1. The number of aliphatic hydroxyl groups excluding tert-OH is 1. The molecule has 2 atom stereocenters. The summed E-state index contributed by atoms with van der Waals surface area (Å²) in [6.07, 6.45) is 35.2. The quantitative estimate of drug-likeness (QED) is 0.0513. The van der Waals surface area contributed by atoms with Gasteiger partial charge in [-0.25, -0.2) is 0 Å². The molecule has 40 heavy (non-hydrogen) atoms. The average Bonchev–Trinajstić information content (AvgIpc) is 2.90. The topological polar surface area (TPSA) is 104 Å². The Kier molecular flexibility index (Phi) is 26.3. The largest absolute Gasteiger partial charge is 0.387 e. The molecule has 2 unspecified atom stereocenters. The molecule has 6 nitrogen and oxygen atoms in total. The van der Waals surface area contributed by atoms with Gasteiger partial charge in [0.15, 0.2) is 0 Å². The molecule has 0 aromatic carbocycles. The van der Waals surface area contributed by atoms with Crippen molar-refractivity contribution < 1.29 is 22.9 Å². The molecule has 0 rings (SSSR count). The van der Waals surface area contributed by atoms with Crippen LogP contribution in [-0.2, 0) is 14.9 Å². The van der Waals surface area contributed by atoms with Gasteiger partial charge >= 0.3 is 0 Å². The molecule has 1 amide bonds. The zero-order valence-electron chi connectivity index (χ0n) is 25.4. The number of rotatable bonds is 27. The third kappa shape index (κ3) is 27.9. The van der Waals surface area contributed by atoms with E-state index in [1.807, 2.05) is 0 Å². The van der Waals surface area contributed by atoms with Gasteiger partial charge in [0.05, 0.1) is 17.9 Å². The Morgan fingerprint density at radius 1 is 0.650 bits per heavy atom. The molecule has 3 N–H and O–H groups in total. The molecule has 0 spiro atoms. The molecule has 0 saturated heterocycles. The first-order valence-corrected chi connectivity index (χ1v) is 17.4. The smallest absolute Gasteiger partial charge is 0.267 e. The number of carbonyl (C=O) groups is 1. The van der Waals surface area contributed by atoms with Crippen molar-refractivity contribution in [1.29, 1.82) is 0 Å². The van der Waals surface area contributed by atoms with Crippen LogP contribution in [0.5, 0.6) is 0 Å². The Morgan fingerprint density at radius 2 is 1.10 bits per heavy atom. The number of nitrogens with one attached hydrogen (secondary N) is 1. The van der Waals surface area contributed by atoms with Crippen molar-refractivity contribution in [3.8, 4) is 0 Å². The number of hydrogen-bond donors (Lipinski definition) is 3. The van der Waals surface area contributed by atoms with E-state index in [4.69, 9.17) is 0 Å².